The van der Waals surface area contributed by atoms with Crippen molar-refractivity contribution in [2.45, 2.75) is 37.2 Å². The summed E-state index contributed by atoms with van der Waals surface area (Å²) in [5.41, 5.74) is 2.00. The lowest BCUT2D eigenvalue weighted by Crippen LogP contribution is -2.31. The molecule has 0 fully saturated rings. The minimum absolute atomic E-state index is 0.116. The van der Waals surface area contributed by atoms with Crippen LogP contribution >= 0.6 is 23.2 Å². The number of aromatic amines is 1. The Bertz CT molecular complexity index is 923. The number of nitrogens with zero attached hydrogens (tertiary/aromatic N) is 1. The zero-order valence-corrected chi connectivity index (χ0v) is 17.7. The molecule has 4 N–H and O–H groups in total. The Kier molecular flexibility index (Phi) is 7.00. The van der Waals surface area contributed by atoms with Crippen molar-refractivity contribution in [3.05, 3.63) is 70.3 Å². The van der Waals surface area contributed by atoms with Gasteiger partial charge in [0, 0.05) is 29.4 Å². The molecule has 0 aliphatic carbocycles. The Labute approximate surface area is 180 Å². The Balaban J connectivity index is 1.74. The van der Waals surface area contributed by atoms with E-state index in [4.69, 9.17) is 23.2 Å². The molecule has 8 heteroatoms. The number of aromatic nitrogens is 1. The van der Waals surface area contributed by atoms with Crippen molar-refractivity contribution in [1.82, 2.24) is 15.6 Å². The van der Waals surface area contributed by atoms with Gasteiger partial charge in [-0.3, -0.25) is 4.79 Å². The second-order valence-electron chi connectivity index (χ2n) is 7.21. The summed E-state index contributed by atoms with van der Waals surface area (Å²) >= 11 is 12.4. The van der Waals surface area contributed by atoms with Crippen LogP contribution in [0.3, 0.4) is 0 Å². The summed E-state index contributed by atoms with van der Waals surface area (Å²) in [6, 6.07) is 8.50. The number of nitrogens with one attached hydrogen (secondary N) is 3. The quantitative estimate of drug-likeness (QED) is 0.500. The lowest BCUT2D eigenvalue weighted by atomic mass is 9.96. The molecule has 0 saturated carbocycles. The molecule has 1 aliphatic rings. The van der Waals surface area contributed by atoms with Crippen LogP contribution in [-0.2, 0) is 0 Å². The number of aliphatic imine (C=N–C) groups is 1. The van der Waals surface area contributed by atoms with Gasteiger partial charge in [0.1, 0.15) is 11.5 Å². The van der Waals surface area contributed by atoms with Gasteiger partial charge in [0.05, 0.1) is 18.0 Å². The van der Waals surface area contributed by atoms with E-state index < -0.39 is 6.04 Å². The van der Waals surface area contributed by atoms with E-state index >= 15 is 0 Å². The van der Waals surface area contributed by atoms with Crippen molar-refractivity contribution in [2.24, 2.45) is 4.99 Å². The van der Waals surface area contributed by atoms with E-state index in [1.807, 2.05) is 19.9 Å². The maximum absolute atomic E-state index is 12.7. The standard InChI is InChI=1S/C21H24Cl2N4O2/c1-12(2)26-20-8-16(17(23)10-25-20)14-7-18(24-9-14)21(29)27-19(11-28)13-4-3-5-15(22)6-13/h3-10,12,16-17,19,24,26,28H,11H2,1-2H3,(H,27,29)/t16?,17?,19-/m1/s1. The van der Waals surface area contributed by atoms with Gasteiger partial charge < -0.3 is 20.7 Å². The molecule has 29 heavy (non-hydrogen) atoms. The first-order chi connectivity index (χ1) is 13.9. The zero-order valence-electron chi connectivity index (χ0n) is 16.2. The average Bonchev–Trinajstić information content (AvgIpc) is 3.17. The van der Waals surface area contributed by atoms with Crippen molar-refractivity contribution >= 4 is 35.3 Å². The highest BCUT2D eigenvalue weighted by atomic mass is 35.5. The number of allylic oxidation sites excluding steroid dienone is 1. The van der Waals surface area contributed by atoms with Crippen molar-refractivity contribution in [1.29, 1.82) is 0 Å². The minimum atomic E-state index is -0.558. The second kappa shape index (κ2) is 9.48. The largest absolute Gasteiger partial charge is 0.394 e. The molecule has 6 nitrogen and oxygen atoms in total. The molecule has 0 saturated heterocycles. The predicted octanol–water partition coefficient (Wildman–Crippen LogP) is 3.75. The number of H-pyrrole nitrogens is 1. The molecule has 1 aliphatic heterocycles. The molecule has 2 aromatic rings. The molecule has 0 spiro atoms. The fraction of sp³-hybridized carbons (Fsp3) is 0.333. The van der Waals surface area contributed by atoms with Gasteiger partial charge in [-0.05, 0) is 49.2 Å². The monoisotopic (exact) mass is 434 g/mol. The number of rotatable bonds is 7. The third-order valence-corrected chi connectivity index (χ3v) is 5.17. The SMILES string of the molecule is CC(C)NC1=CC(c2c[nH]c(C(=O)N[C@H](CO)c3cccc(Cl)c3)c2)C(Cl)C=N1. The highest BCUT2D eigenvalue weighted by molar-refractivity contribution is 6.30. The van der Waals surface area contributed by atoms with E-state index in [9.17, 15) is 9.90 Å². The van der Waals surface area contributed by atoms with Crippen LogP contribution in [0.25, 0.3) is 0 Å². The van der Waals surface area contributed by atoms with Crippen molar-refractivity contribution in [3.63, 3.8) is 0 Å². The Morgan fingerprint density at radius 2 is 2.14 bits per heavy atom. The molecule has 1 aromatic heterocycles. The number of aliphatic hydroxyl groups excluding tert-OH is 1. The van der Waals surface area contributed by atoms with Crippen LogP contribution in [0.2, 0.25) is 5.02 Å². The molecule has 2 heterocycles. The number of amides is 1. The Morgan fingerprint density at radius 1 is 1.34 bits per heavy atom. The van der Waals surface area contributed by atoms with Gasteiger partial charge in [-0.25, -0.2) is 4.99 Å². The Morgan fingerprint density at radius 3 is 2.83 bits per heavy atom. The molecule has 0 radical (unpaired) electrons. The third kappa shape index (κ3) is 5.41. The minimum Gasteiger partial charge on any atom is -0.394 e. The molecule has 0 bridgehead atoms. The lowest BCUT2D eigenvalue weighted by Gasteiger charge is -2.21. The smallest absolute Gasteiger partial charge is 0.268 e. The summed E-state index contributed by atoms with van der Waals surface area (Å²) in [7, 11) is 0. The molecule has 1 aromatic carbocycles. The molecule has 3 rings (SSSR count). The molecule has 3 atom stereocenters. The summed E-state index contributed by atoms with van der Waals surface area (Å²) < 4.78 is 0. The number of hydrogen-bond donors (Lipinski definition) is 4. The summed E-state index contributed by atoms with van der Waals surface area (Å²) in [5, 5.41) is 16.0. The van der Waals surface area contributed by atoms with Gasteiger partial charge in [-0.1, -0.05) is 23.7 Å². The second-order valence-corrected chi connectivity index (χ2v) is 8.15. The zero-order chi connectivity index (χ0) is 21.0. The number of hydrogen-bond acceptors (Lipinski definition) is 4. The van der Waals surface area contributed by atoms with Crippen LogP contribution in [0.5, 0.6) is 0 Å². The molecule has 1 amide bonds. The van der Waals surface area contributed by atoms with Gasteiger partial charge >= 0.3 is 0 Å². The normalized spacial score (nSPS) is 19.7. The number of halogens is 2. The van der Waals surface area contributed by atoms with E-state index in [2.05, 4.69) is 20.6 Å². The van der Waals surface area contributed by atoms with E-state index in [0.717, 1.165) is 16.9 Å². The van der Waals surface area contributed by atoms with Crippen molar-refractivity contribution in [3.8, 4) is 0 Å². The number of carbonyl (C=O) groups excluding carboxylic acids is 1. The molecule has 2 unspecified atom stereocenters. The first-order valence-electron chi connectivity index (χ1n) is 9.39. The van der Waals surface area contributed by atoms with Gasteiger partial charge in [0.15, 0.2) is 0 Å². The van der Waals surface area contributed by atoms with Crippen molar-refractivity contribution < 1.29 is 9.90 Å². The summed E-state index contributed by atoms with van der Waals surface area (Å²) in [5.74, 6) is 0.320. The average molecular weight is 435 g/mol. The maximum atomic E-state index is 12.7. The Hall–Kier alpha value is -2.28. The van der Waals surface area contributed by atoms with Gasteiger partial charge in [-0.2, -0.15) is 0 Å². The highest BCUT2D eigenvalue weighted by Crippen LogP contribution is 2.29. The summed E-state index contributed by atoms with van der Waals surface area (Å²) in [6.45, 7) is 3.83. The fourth-order valence-electron chi connectivity index (χ4n) is 3.14. The van der Waals surface area contributed by atoms with Crippen LogP contribution in [0.15, 0.2) is 53.4 Å². The van der Waals surface area contributed by atoms with E-state index in [0.29, 0.717) is 10.7 Å². The number of carbonyl (C=O) groups is 1. The van der Waals surface area contributed by atoms with Crippen LogP contribution in [0, 0.1) is 0 Å². The summed E-state index contributed by atoms with van der Waals surface area (Å²) in [6.07, 6.45) is 5.43. The van der Waals surface area contributed by atoms with Crippen molar-refractivity contribution in [2.75, 3.05) is 6.61 Å². The number of alkyl halides is 1. The molecular weight excluding hydrogens is 411 g/mol. The first-order valence-corrected chi connectivity index (χ1v) is 10.2. The first kappa shape index (κ1) is 21.4. The van der Waals surface area contributed by atoms with E-state index in [1.54, 1.807) is 42.7 Å². The van der Waals surface area contributed by atoms with Crippen LogP contribution in [0.1, 0.15) is 47.4 Å². The van der Waals surface area contributed by atoms with Crippen LogP contribution in [0.4, 0.5) is 0 Å². The molecule has 154 valence electrons. The molecular formula is C21H24Cl2N4O2. The van der Waals surface area contributed by atoms with Crippen LogP contribution < -0.4 is 10.6 Å². The number of aliphatic hydroxyl groups is 1. The van der Waals surface area contributed by atoms with Gasteiger partial charge in [-0.15, -0.1) is 11.6 Å². The topological polar surface area (TPSA) is 89.5 Å². The van der Waals surface area contributed by atoms with E-state index in [-0.39, 0.29) is 29.9 Å². The van der Waals surface area contributed by atoms with E-state index in [1.165, 1.54) is 0 Å². The maximum Gasteiger partial charge on any atom is 0.268 e. The van der Waals surface area contributed by atoms with Gasteiger partial charge in [0.2, 0.25) is 0 Å². The fourth-order valence-corrected chi connectivity index (χ4v) is 3.61. The highest BCUT2D eigenvalue weighted by Gasteiger charge is 2.25. The summed E-state index contributed by atoms with van der Waals surface area (Å²) in [4.78, 5) is 20.0. The number of benzene rings is 1. The lowest BCUT2D eigenvalue weighted by molar-refractivity contribution is 0.0911. The predicted molar refractivity (Wildman–Crippen MR) is 117 cm³/mol. The third-order valence-electron chi connectivity index (χ3n) is 4.55. The van der Waals surface area contributed by atoms with Crippen LogP contribution in [-0.4, -0.2) is 40.2 Å². The van der Waals surface area contributed by atoms with Gasteiger partial charge in [0.25, 0.3) is 5.91 Å².